The summed E-state index contributed by atoms with van der Waals surface area (Å²) >= 11 is 0. The van der Waals surface area contributed by atoms with E-state index in [1.54, 1.807) is 12.1 Å². The summed E-state index contributed by atoms with van der Waals surface area (Å²) in [6.07, 6.45) is 6.53. The molecule has 0 fully saturated rings. The summed E-state index contributed by atoms with van der Waals surface area (Å²) in [7, 11) is 0. The van der Waals surface area contributed by atoms with Crippen LogP contribution in [0.15, 0.2) is 61.2 Å². The van der Waals surface area contributed by atoms with Gasteiger partial charge in [-0.15, -0.1) is 6.58 Å². The van der Waals surface area contributed by atoms with Gasteiger partial charge in [0.15, 0.2) is 0 Å². The average molecular weight is 236 g/mol. The predicted molar refractivity (Wildman–Crippen MR) is 77.4 cm³/mol. The van der Waals surface area contributed by atoms with Crippen LogP contribution in [0, 0.1) is 0 Å². The van der Waals surface area contributed by atoms with Crippen molar-refractivity contribution in [2.24, 2.45) is 0 Å². The maximum Gasteiger partial charge on any atom is 0.119 e. The Bertz CT molecular complexity index is 553. The standard InChI is InChI=1S/C17H16O/c1-2-7-16-15(10-6-11-17(16)18)13-12-14-8-4-3-5-9-14/h2-6,8-13,18H,1,7H2. The molecule has 0 amide bonds. The Morgan fingerprint density at radius 3 is 2.44 bits per heavy atom. The van der Waals surface area contributed by atoms with Gasteiger partial charge in [-0.2, -0.15) is 0 Å². The largest absolute Gasteiger partial charge is 0.508 e. The van der Waals surface area contributed by atoms with E-state index >= 15 is 0 Å². The summed E-state index contributed by atoms with van der Waals surface area (Å²) in [6, 6.07) is 15.7. The first-order valence-corrected chi connectivity index (χ1v) is 5.96. The van der Waals surface area contributed by atoms with Crippen LogP contribution in [-0.4, -0.2) is 5.11 Å². The van der Waals surface area contributed by atoms with Crippen molar-refractivity contribution in [1.82, 2.24) is 0 Å². The molecule has 2 aromatic rings. The molecule has 0 heterocycles. The van der Waals surface area contributed by atoms with Crippen LogP contribution in [0.5, 0.6) is 5.75 Å². The summed E-state index contributed by atoms with van der Waals surface area (Å²) in [4.78, 5) is 0. The Morgan fingerprint density at radius 2 is 1.72 bits per heavy atom. The van der Waals surface area contributed by atoms with E-state index in [4.69, 9.17) is 0 Å². The maximum absolute atomic E-state index is 9.84. The minimum atomic E-state index is 0.324. The fourth-order valence-electron chi connectivity index (χ4n) is 1.87. The highest BCUT2D eigenvalue weighted by Gasteiger charge is 2.03. The number of hydrogen-bond donors (Lipinski definition) is 1. The van der Waals surface area contributed by atoms with Crippen molar-refractivity contribution in [3.05, 3.63) is 77.9 Å². The van der Waals surface area contributed by atoms with Crippen molar-refractivity contribution in [3.8, 4) is 5.75 Å². The summed E-state index contributed by atoms with van der Waals surface area (Å²) in [5.74, 6) is 0.324. The second-order valence-electron chi connectivity index (χ2n) is 4.08. The number of phenols is 1. The molecule has 0 saturated heterocycles. The molecule has 0 aliphatic carbocycles. The van der Waals surface area contributed by atoms with Crippen LogP contribution in [0.1, 0.15) is 16.7 Å². The van der Waals surface area contributed by atoms with Crippen LogP contribution < -0.4 is 0 Å². The van der Waals surface area contributed by atoms with E-state index in [0.717, 1.165) is 16.7 Å². The van der Waals surface area contributed by atoms with Gasteiger partial charge >= 0.3 is 0 Å². The van der Waals surface area contributed by atoms with Gasteiger partial charge in [-0.05, 0) is 23.6 Å². The molecule has 1 N–H and O–H groups in total. The molecule has 0 unspecified atom stereocenters. The van der Waals surface area contributed by atoms with E-state index in [9.17, 15) is 5.11 Å². The van der Waals surface area contributed by atoms with Gasteiger partial charge in [-0.3, -0.25) is 0 Å². The van der Waals surface area contributed by atoms with E-state index < -0.39 is 0 Å². The van der Waals surface area contributed by atoms with Crippen molar-refractivity contribution < 1.29 is 5.11 Å². The lowest BCUT2D eigenvalue weighted by Gasteiger charge is -2.06. The van der Waals surface area contributed by atoms with Gasteiger partial charge in [-0.1, -0.05) is 60.7 Å². The summed E-state index contributed by atoms with van der Waals surface area (Å²) < 4.78 is 0. The minimum absolute atomic E-state index is 0.324. The second-order valence-corrected chi connectivity index (χ2v) is 4.08. The summed E-state index contributed by atoms with van der Waals surface area (Å²) in [6.45, 7) is 3.72. The van der Waals surface area contributed by atoms with Crippen molar-refractivity contribution in [1.29, 1.82) is 0 Å². The van der Waals surface area contributed by atoms with Gasteiger partial charge in [0.05, 0.1) is 0 Å². The summed E-state index contributed by atoms with van der Waals surface area (Å²) in [5, 5.41) is 9.84. The topological polar surface area (TPSA) is 20.2 Å². The zero-order valence-corrected chi connectivity index (χ0v) is 10.2. The van der Waals surface area contributed by atoms with Crippen molar-refractivity contribution in [2.75, 3.05) is 0 Å². The SMILES string of the molecule is C=CCc1c(O)cccc1C=Cc1ccccc1. The molecule has 90 valence electrons. The fraction of sp³-hybridized carbons (Fsp3) is 0.0588. The van der Waals surface area contributed by atoms with Gasteiger partial charge in [0.25, 0.3) is 0 Å². The lowest BCUT2D eigenvalue weighted by atomic mass is 10.0. The van der Waals surface area contributed by atoms with Gasteiger partial charge < -0.3 is 5.11 Å². The lowest BCUT2D eigenvalue weighted by Crippen LogP contribution is -1.87. The van der Waals surface area contributed by atoms with Gasteiger partial charge in [0.2, 0.25) is 0 Å². The molecule has 2 rings (SSSR count). The third-order valence-corrected chi connectivity index (χ3v) is 2.79. The Labute approximate surface area is 108 Å². The lowest BCUT2D eigenvalue weighted by molar-refractivity contribution is 0.469. The molecule has 0 radical (unpaired) electrons. The fourth-order valence-corrected chi connectivity index (χ4v) is 1.87. The van der Waals surface area contributed by atoms with E-state index in [-0.39, 0.29) is 0 Å². The number of phenolic OH excluding ortho intramolecular Hbond substituents is 1. The highest BCUT2D eigenvalue weighted by atomic mass is 16.3. The quantitative estimate of drug-likeness (QED) is 0.620. The number of aromatic hydroxyl groups is 1. The van der Waals surface area contributed by atoms with Crippen molar-refractivity contribution >= 4 is 12.2 Å². The van der Waals surface area contributed by atoms with Gasteiger partial charge in [0, 0.05) is 5.56 Å². The Hall–Kier alpha value is -2.28. The van der Waals surface area contributed by atoms with E-state index in [1.165, 1.54) is 0 Å². The van der Waals surface area contributed by atoms with Crippen LogP contribution >= 0.6 is 0 Å². The molecule has 2 aromatic carbocycles. The summed E-state index contributed by atoms with van der Waals surface area (Å²) in [5.41, 5.74) is 3.09. The first-order valence-electron chi connectivity index (χ1n) is 5.96. The zero-order chi connectivity index (χ0) is 12.8. The number of allylic oxidation sites excluding steroid dienone is 1. The molecule has 0 saturated carbocycles. The smallest absolute Gasteiger partial charge is 0.119 e. The normalized spacial score (nSPS) is 10.7. The van der Waals surface area contributed by atoms with Crippen molar-refractivity contribution in [3.63, 3.8) is 0 Å². The number of rotatable bonds is 4. The Balaban J connectivity index is 2.31. The zero-order valence-electron chi connectivity index (χ0n) is 10.2. The minimum Gasteiger partial charge on any atom is -0.508 e. The molecule has 0 aliphatic rings. The highest BCUT2D eigenvalue weighted by molar-refractivity contribution is 5.72. The molecule has 0 atom stereocenters. The monoisotopic (exact) mass is 236 g/mol. The van der Waals surface area contributed by atoms with Crippen LogP contribution in [0.2, 0.25) is 0 Å². The Kier molecular flexibility index (Phi) is 3.98. The molecule has 1 heteroatoms. The molecule has 0 bridgehead atoms. The molecule has 0 aliphatic heterocycles. The molecule has 18 heavy (non-hydrogen) atoms. The van der Waals surface area contributed by atoms with Crippen LogP contribution in [0.25, 0.3) is 12.2 Å². The van der Waals surface area contributed by atoms with Crippen LogP contribution in [-0.2, 0) is 6.42 Å². The van der Waals surface area contributed by atoms with Crippen molar-refractivity contribution in [2.45, 2.75) is 6.42 Å². The Morgan fingerprint density at radius 1 is 0.944 bits per heavy atom. The number of hydrogen-bond acceptors (Lipinski definition) is 1. The third kappa shape index (κ3) is 2.89. The van der Waals surface area contributed by atoms with Gasteiger partial charge in [0.1, 0.15) is 5.75 Å². The molecular weight excluding hydrogens is 220 g/mol. The van der Waals surface area contributed by atoms with Gasteiger partial charge in [-0.25, -0.2) is 0 Å². The van der Waals surface area contributed by atoms with E-state index in [0.29, 0.717) is 12.2 Å². The highest BCUT2D eigenvalue weighted by Crippen LogP contribution is 2.23. The first-order chi connectivity index (χ1) is 8.81. The average Bonchev–Trinajstić information content (AvgIpc) is 2.41. The molecule has 1 nitrogen and oxygen atoms in total. The molecule has 0 spiro atoms. The van der Waals surface area contributed by atoms with E-state index in [1.807, 2.05) is 54.6 Å². The maximum atomic E-state index is 9.84. The number of benzene rings is 2. The van der Waals surface area contributed by atoms with Crippen LogP contribution in [0.3, 0.4) is 0 Å². The predicted octanol–water partition coefficient (Wildman–Crippen LogP) is 4.29. The third-order valence-electron chi connectivity index (χ3n) is 2.79. The van der Waals surface area contributed by atoms with Crippen LogP contribution in [0.4, 0.5) is 0 Å². The second kappa shape index (κ2) is 5.87. The first kappa shape index (κ1) is 12.2. The van der Waals surface area contributed by atoms with E-state index in [2.05, 4.69) is 6.58 Å². The molecule has 0 aromatic heterocycles. The molecular formula is C17H16O.